The van der Waals surface area contributed by atoms with Crippen molar-refractivity contribution in [1.82, 2.24) is 10.6 Å². The Labute approximate surface area is 108 Å². The minimum atomic E-state index is -0.521. The first kappa shape index (κ1) is 15.0. The second-order valence-electron chi connectivity index (χ2n) is 6.20. The summed E-state index contributed by atoms with van der Waals surface area (Å²) in [5.74, 6) is -0.237. The third-order valence-corrected chi connectivity index (χ3v) is 3.00. The maximum Gasteiger partial charge on any atom is 0.224 e. The predicted octanol–water partition coefficient (Wildman–Crippen LogP) is 0.426. The van der Waals surface area contributed by atoms with Crippen molar-refractivity contribution in [3.8, 4) is 0 Å². The molecule has 0 bridgehead atoms. The third-order valence-electron chi connectivity index (χ3n) is 3.00. The van der Waals surface area contributed by atoms with Crippen molar-refractivity contribution >= 4 is 11.8 Å². The summed E-state index contributed by atoms with van der Waals surface area (Å²) < 4.78 is 0. The normalized spacial score (nSPS) is 22.2. The van der Waals surface area contributed by atoms with Crippen LogP contribution in [0.5, 0.6) is 0 Å². The van der Waals surface area contributed by atoms with Crippen molar-refractivity contribution in [2.75, 3.05) is 13.1 Å². The van der Waals surface area contributed by atoms with Crippen molar-refractivity contribution in [3.05, 3.63) is 0 Å². The molecule has 1 fully saturated rings. The number of aliphatic hydroxyl groups is 1. The Hall–Kier alpha value is -1.10. The SMILES string of the molecule is CC(C)(C)CC(O)CNC(=O)C1CCC(=O)NC1. The number of carbonyl (C=O) groups is 2. The highest BCUT2D eigenvalue weighted by atomic mass is 16.3. The molecule has 1 rings (SSSR count). The van der Waals surface area contributed by atoms with E-state index in [1.165, 1.54) is 0 Å². The van der Waals surface area contributed by atoms with E-state index in [4.69, 9.17) is 0 Å². The van der Waals surface area contributed by atoms with E-state index in [1.807, 2.05) is 0 Å². The summed E-state index contributed by atoms with van der Waals surface area (Å²) in [6, 6.07) is 0. The fourth-order valence-electron chi connectivity index (χ4n) is 2.10. The Bertz CT molecular complexity index is 300. The molecule has 0 aromatic carbocycles. The van der Waals surface area contributed by atoms with Gasteiger partial charge in [-0.1, -0.05) is 20.8 Å². The van der Waals surface area contributed by atoms with E-state index >= 15 is 0 Å². The summed E-state index contributed by atoms with van der Waals surface area (Å²) >= 11 is 0. The summed E-state index contributed by atoms with van der Waals surface area (Å²) in [6.45, 7) is 6.83. The highest BCUT2D eigenvalue weighted by Crippen LogP contribution is 2.20. The van der Waals surface area contributed by atoms with E-state index in [0.717, 1.165) is 0 Å². The summed E-state index contributed by atoms with van der Waals surface area (Å²) in [6.07, 6.45) is 1.12. The topological polar surface area (TPSA) is 78.4 Å². The van der Waals surface area contributed by atoms with Crippen molar-refractivity contribution < 1.29 is 14.7 Å². The van der Waals surface area contributed by atoms with Gasteiger partial charge in [0, 0.05) is 19.5 Å². The van der Waals surface area contributed by atoms with Gasteiger partial charge in [0.15, 0.2) is 0 Å². The summed E-state index contributed by atoms with van der Waals surface area (Å²) in [7, 11) is 0. The van der Waals surface area contributed by atoms with Gasteiger partial charge >= 0.3 is 0 Å². The molecule has 5 heteroatoms. The maximum atomic E-state index is 11.8. The van der Waals surface area contributed by atoms with Crippen LogP contribution in [-0.4, -0.2) is 36.1 Å². The zero-order chi connectivity index (χ0) is 13.8. The first-order chi connectivity index (χ1) is 8.28. The molecule has 2 atom stereocenters. The van der Waals surface area contributed by atoms with Gasteiger partial charge in [0.2, 0.25) is 11.8 Å². The number of carbonyl (C=O) groups excluding carboxylic acids is 2. The number of hydrogen-bond donors (Lipinski definition) is 3. The van der Waals surface area contributed by atoms with Crippen LogP contribution in [-0.2, 0) is 9.59 Å². The second-order valence-corrected chi connectivity index (χ2v) is 6.20. The van der Waals surface area contributed by atoms with Gasteiger partial charge in [-0.05, 0) is 18.3 Å². The fraction of sp³-hybridized carbons (Fsp3) is 0.846. The number of hydrogen-bond acceptors (Lipinski definition) is 3. The van der Waals surface area contributed by atoms with Crippen LogP contribution in [0, 0.1) is 11.3 Å². The summed E-state index contributed by atoms with van der Waals surface area (Å²) in [4.78, 5) is 22.8. The second kappa shape index (κ2) is 6.18. The van der Waals surface area contributed by atoms with Crippen LogP contribution < -0.4 is 10.6 Å². The van der Waals surface area contributed by atoms with Gasteiger partial charge in [0.05, 0.1) is 12.0 Å². The Morgan fingerprint density at radius 1 is 1.56 bits per heavy atom. The Morgan fingerprint density at radius 2 is 2.22 bits per heavy atom. The highest BCUT2D eigenvalue weighted by Gasteiger charge is 2.25. The van der Waals surface area contributed by atoms with E-state index < -0.39 is 6.10 Å². The predicted molar refractivity (Wildman–Crippen MR) is 68.8 cm³/mol. The molecule has 0 aliphatic carbocycles. The molecule has 0 spiro atoms. The number of aliphatic hydroxyl groups excluding tert-OH is 1. The lowest BCUT2D eigenvalue weighted by atomic mass is 9.89. The summed E-state index contributed by atoms with van der Waals surface area (Å²) in [5, 5.41) is 15.2. The average molecular weight is 256 g/mol. The van der Waals surface area contributed by atoms with Crippen LogP contribution in [0.3, 0.4) is 0 Å². The van der Waals surface area contributed by atoms with Crippen molar-refractivity contribution in [2.24, 2.45) is 11.3 Å². The van der Waals surface area contributed by atoms with Gasteiger partial charge < -0.3 is 15.7 Å². The van der Waals surface area contributed by atoms with E-state index in [-0.39, 0.29) is 29.7 Å². The van der Waals surface area contributed by atoms with Crippen LogP contribution in [0.25, 0.3) is 0 Å². The Kier molecular flexibility index (Phi) is 5.14. The zero-order valence-electron chi connectivity index (χ0n) is 11.5. The van der Waals surface area contributed by atoms with Crippen molar-refractivity contribution in [3.63, 3.8) is 0 Å². The average Bonchev–Trinajstić information content (AvgIpc) is 2.24. The van der Waals surface area contributed by atoms with Gasteiger partial charge in [-0.15, -0.1) is 0 Å². The quantitative estimate of drug-likeness (QED) is 0.682. The van der Waals surface area contributed by atoms with E-state index in [1.54, 1.807) is 0 Å². The molecule has 5 nitrogen and oxygen atoms in total. The lowest BCUT2D eigenvalue weighted by molar-refractivity contribution is -0.129. The molecule has 1 heterocycles. The minimum absolute atomic E-state index is 0.00631. The monoisotopic (exact) mass is 256 g/mol. The smallest absolute Gasteiger partial charge is 0.224 e. The van der Waals surface area contributed by atoms with Crippen LogP contribution in [0.15, 0.2) is 0 Å². The molecular formula is C13H24N2O3. The Balaban J connectivity index is 2.26. The van der Waals surface area contributed by atoms with Gasteiger partial charge in [0.25, 0.3) is 0 Å². The van der Waals surface area contributed by atoms with Crippen LogP contribution in [0.2, 0.25) is 0 Å². The number of piperidine rings is 1. The van der Waals surface area contributed by atoms with Gasteiger partial charge in [-0.25, -0.2) is 0 Å². The number of amides is 2. The molecule has 1 aliphatic rings. The molecule has 1 saturated heterocycles. The number of rotatable bonds is 4. The molecule has 18 heavy (non-hydrogen) atoms. The molecule has 3 N–H and O–H groups in total. The van der Waals surface area contributed by atoms with Gasteiger partial charge in [-0.3, -0.25) is 9.59 Å². The van der Waals surface area contributed by atoms with Crippen molar-refractivity contribution in [1.29, 1.82) is 0 Å². The molecule has 0 saturated carbocycles. The molecule has 0 aromatic heterocycles. The molecular weight excluding hydrogens is 232 g/mol. The largest absolute Gasteiger partial charge is 0.391 e. The lowest BCUT2D eigenvalue weighted by Gasteiger charge is -2.25. The van der Waals surface area contributed by atoms with Crippen LogP contribution in [0.4, 0.5) is 0 Å². The summed E-state index contributed by atoms with van der Waals surface area (Å²) in [5.41, 5.74) is 0.0446. The van der Waals surface area contributed by atoms with Crippen LogP contribution >= 0.6 is 0 Å². The van der Waals surface area contributed by atoms with E-state index in [2.05, 4.69) is 31.4 Å². The standard InChI is InChI=1S/C13H24N2O3/c1-13(2,3)6-10(16)8-15-12(18)9-4-5-11(17)14-7-9/h9-10,16H,4-8H2,1-3H3,(H,14,17)(H,15,18). The molecule has 2 amide bonds. The molecule has 0 aromatic rings. The molecule has 104 valence electrons. The zero-order valence-corrected chi connectivity index (χ0v) is 11.5. The fourth-order valence-corrected chi connectivity index (χ4v) is 2.10. The third kappa shape index (κ3) is 5.49. The van der Waals surface area contributed by atoms with Gasteiger partial charge in [0.1, 0.15) is 0 Å². The maximum absolute atomic E-state index is 11.8. The first-order valence-corrected chi connectivity index (χ1v) is 6.50. The van der Waals surface area contributed by atoms with Gasteiger partial charge in [-0.2, -0.15) is 0 Å². The van der Waals surface area contributed by atoms with E-state index in [0.29, 0.717) is 25.8 Å². The molecule has 0 radical (unpaired) electrons. The molecule has 2 unspecified atom stereocenters. The Morgan fingerprint density at radius 3 is 2.72 bits per heavy atom. The minimum Gasteiger partial charge on any atom is -0.391 e. The van der Waals surface area contributed by atoms with E-state index in [9.17, 15) is 14.7 Å². The lowest BCUT2D eigenvalue weighted by Crippen LogP contribution is -2.44. The highest BCUT2D eigenvalue weighted by molar-refractivity contribution is 5.83. The first-order valence-electron chi connectivity index (χ1n) is 6.50. The number of nitrogens with one attached hydrogen (secondary N) is 2. The van der Waals surface area contributed by atoms with Crippen molar-refractivity contribution in [2.45, 2.75) is 46.1 Å². The molecule has 1 aliphatic heterocycles. The van der Waals surface area contributed by atoms with Crippen LogP contribution in [0.1, 0.15) is 40.0 Å².